The zero-order chi connectivity index (χ0) is 18.2. The van der Waals surface area contributed by atoms with E-state index in [-0.39, 0.29) is 0 Å². The number of nitrogens with zero attached hydrogens (tertiary/aromatic N) is 4. The van der Waals surface area contributed by atoms with Crippen molar-refractivity contribution in [3.8, 4) is 11.3 Å². The number of hydrogen-bond acceptors (Lipinski definition) is 3. The number of imidazole rings is 2. The minimum atomic E-state index is 0.832. The van der Waals surface area contributed by atoms with Gasteiger partial charge in [0.2, 0.25) is 5.78 Å². The van der Waals surface area contributed by atoms with Crippen LogP contribution in [0.25, 0.3) is 28.1 Å². The highest BCUT2D eigenvalue weighted by atomic mass is 79.9. The van der Waals surface area contributed by atoms with E-state index in [1.54, 1.807) is 0 Å². The number of hydrogen-bond donors (Lipinski definition) is 0. The van der Waals surface area contributed by atoms with Crippen LogP contribution in [0.5, 0.6) is 0 Å². The molecule has 6 heteroatoms. The molecule has 3 heterocycles. The number of benzene rings is 2. The fourth-order valence-electron chi connectivity index (χ4n) is 3.79. The maximum atomic E-state index is 5.47. The van der Waals surface area contributed by atoms with Gasteiger partial charge >= 0.3 is 0 Å². The maximum absolute atomic E-state index is 5.47. The summed E-state index contributed by atoms with van der Waals surface area (Å²) >= 11 is 3.50. The molecular formula is C21H21BrN4O. The molecule has 1 aliphatic rings. The SMILES string of the molecule is Brc1ccc(-c2cn3c4ccccc4n(CCN4CCOCC4)c3n2)cc1. The normalized spacial score (nSPS) is 15.7. The summed E-state index contributed by atoms with van der Waals surface area (Å²) in [5.41, 5.74) is 4.56. The molecule has 1 aliphatic heterocycles. The molecule has 0 radical (unpaired) electrons. The Kier molecular flexibility index (Phi) is 4.47. The summed E-state index contributed by atoms with van der Waals surface area (Å²) in [6.45, 7) is 5.62. The lowest BCUT2D eigenvalue weighted by atomic mass is 10.2. The van der Waals surface area contributed by atoms with Crippen LogP contribution in [0.2, 0.25) is 0 Å². The van der Waals surface area contributed by atoms with E-state index < -0.39 is 0 Å². The van der Waals surface area contributed by atoms with Gasteiger partial charge in [0.25, 0.3) is 0 Å². The van der Waals surface area contributed by atoms with Gasteiger partial charge in [-0.25, -0.2) is 4.98 Å². The van der Waals surface area contributed by atoms with E-state index in [0.29, 0.717) is 0 Å². The van der Waals surface area contributed by atoms with Crippen LogP contribution in [-0.4, -0.2) is 51.7 Å². The van der Waals surface area contributed by atoms with Gasteiger partial charge in [0, 0.05) is 42.4 Å². The summed E-state index contributed by atoms with van der Waals surface area (Å²) in [5, 5.41) is 0. The van der Waals surface area contributed by atoms with Crippen molar-refractivity contribution < 1.29 is 4.74 Å². The molecule has 27 heavy (non-hydrogen) atoms. The number of aromatic nitrogens is 3. The number of para-hydroxylation sites is 2. The summed E-state index contributed by atoms with van der Waals surface area (Å²) in [6.07, 6.45) is 2.14. The second-order valence-corrected chi connectivity index (χ2v) is 7.81. The Hall–Kier alpha value is -2.15. The lowest BCUT2D eigenvalue weighted by molar-refractivity contribution is 0.0366. The zero-order valence-electron chi connectivity index (χ0n) is 15.0. The molecule has 1 saturated heterocycles. The van der Waals surface area contributed by atoms with Gasteiger partial charge in [0.15, 0.2) is 0 Å². The summed E-state index contributed by atoms with van der Waals surface area (Å²) in [4.78, 5) is 7.45. The smallest absolute Gasteiger partial charge is 0.215 e. The average molecular weight is 425 g/mol. The van der Waals surface area contributed by atoms with Crippen LogP contribution in [0, 0.1) is 0 Å². The topological polar surface area (TPSA) is 34.7 Å². The van der Waals surface area contributed by atoms with Gasteiger partial charge in [0.05, 0.1) is 29.9 Å². The molecule has 2 aromatic heterocycles. The van der Waals surface area contributed by atoms with E-state index in [1.807, 2.05) is 0 Å². The molecule has 2 aromatic carbocycles. The fraction of sp³-hybridized carbons (Fsp3) is 0.286. The Morgan fingerprint density at radius 3 is 2.44 bits per heavy atom. The predicted octanol–water partition coefficient (Wildman–Crippen LogP) is 4.05. The molecule has 0 aliphatic carbocycles. The Morgan fingerprint density at radius 1 is 0.926 bits per heavy atom. The first-order valence-electron chi connectivity index (χ1n) is 9.32. The van der Waals surface area contributed by atoms with Gasteiger partial charge < -0.3 is 9.30 Å². The molecule has 0 unspecified atom stereocenters. The van der Waals surface area contributed by atoms with Crippen molar-refractivity contribution in [3.05, 3.63) is 59.2 Å². The molecular weight excluding hydrogens is 404 g/mol. The first kappa shape index (κ1) is 17.0. The van der Waals surface area contributed by atoms with Crippen molar-refractivity contribution in [1.82, 2.24) is 18.9 Å². The molecule has 0 amide bonds. The van der Waals surface area contributed by atoms with Gasteiger partial charge in [0.1, 0.15) is 0 Å². The Labute approximate surface area is 166 Å². The second-order valence-electron chi connectivity index (χ2n) is 6.90. The third-order valence-corrected chi connectivity index (χ3v) is 5.77. The molecule has 0 N–H and O–H groups in total. The number of morpholine rings is 1. The van der Waals surface area contributed by atoms with Gasteiger partial charge in [-0.2, -0.15) is 0 Å². The van der Waals surface area contributed by atoms with Crippen LogP contribution in [0.4, 0.5) is 0 Å². The monoisotopic (exact) mass is 424 g/mol. The molecule has 4 aromatic rings. The highest BCUT2D eigenvalue weighted by Crippen LogP contribution is 2.26. The van der Waals surface area contributed by atoms with E-state index in [1.165, 1.54) is 11.0 Å². The molecule has 0 spiro atoms. The third-order valence-electron chi connectivity index (χ3n) is 5.24. The summed E-state index contributed by atoms with van der Waals surface area (Å²) in [7, 11) is 0. The highest BCUT2D eigenvalue weighted by molar-refractivity contribution is 9.10. The summed E-state index contributed by atoms with van der Waals surface area (Å²) < 4.78 is 11.1. The van der Waals surface area contributed by atoms with Crippen molar-refractivity contribution in [3.63, 3.8) is 0 Å². The van der Waals surface area contributed by atoms with Gasteiger partial charge in [-0.05, 0) is 24.3 Å². The minimum Gasteiger partial charge on any atom is -0.379 e. The third kappa shape index (κ3) is 3.18. The van der Waals surface area contributed by atoms with Crippen LogP contribution in [0.1, 0.15) is 0 Å². The van der Waals surface area contributed by atoms with E-state index in [9.17, 15) is 0 Å². The number of fused-ring (bicyclic) bond motifs is 3. The Morgan fingerprint density at radius 2 is 1.67 bits per heavy atom. The largest absolute Gasteiger partial charge is 0.379 e. The summed E-state index contributed by atoms with van der Waals surface area (Å²) in [6, 6.07) is 16.9. The molecule has 5 rings (SSSR count). The zero-order valence-corrected chi connectivity index (χ0v) is 16.6. The molecule has 5 nitrogen and oxygen atoms in total. The van der Waals surface area contributed by atoms with E-state index >= 15 is 0 Å². The number of halogens is 1. The Bertz CT molecular complexity index is 1080. The first-order chi connectivity index (χ1) is 13.3. The molecule has 0 atom stereocenters. The lowest BCUT2D eigenvalue weighted by Crippen LogP contribution is -2.38. The molecule has 138 valence electrons. The van der Waals surface area contributed by atoms with Crippen molar-refractivity contribution in [2.24, 2.45) is 0 Å². The fourth-order valence-corrected chi connectivity index (χ4v) is 4.05. The average Bonchev–Trinajstić information content (AvgIpc) is 3.26. The minimum absolute atomic E-state index is 0.832. The van der Waals surface area contributed by atoms with E-state index in [2.05, 4.69) is 84.5 Å². The van der Waals surface area contributed by atoms with Gasteiger partial charge in [-0.3, -0.25) is 9.30 Å². The van der Waals surface area contributed by atoms with Crippen LogP contribution in [-0.2, 0) is 11.3 Å². The van der Waals surface area contributed by atoms with Crippen molar-refractivity contribution in [2.75, 3.05) is 32.8 Å². The molecule has 0 bridgehead atoms. The standard InChI is InChI=1S/C21H21BrN4O/c22-17-7-5-16(6-8-17)18-15-26-20-4-2-1-3-19(20)25(21(26)23-18)10-9-24-11-13-27-14-12-24/h1-8,15H,9-14H2. The maximum Gasteiger partial charge on any atom is 0.215 e. The lowest BCUT2D eigenvalue weighted by Gasteiger charge is -2.26. The van der Waals surface area contributed by atoms with Gasteiger partial charge in [-0.1, -0.05) is 40.2 Å². The molecule has 0 saturated carbocycles. The predicted molar refractivity (Wildman–Crippen MR) is 111 cm³/mol. The highest BCUT2D eigenvalue weighted by Gasteiger charge is 2.16. The van der Waals surface area contributed by atoms with Crippen LogP contribution in [0.3, 0.4) is 0 Å². The van der Waals surface area contributed by atoms with E-state index in [0.717, 1.165) is 60.9 Å². The quantitative estimate of drug-likeness (QED) is 0.495. The van der Waals surface area contributed by atoms with Crippen LogP contribution >= 0.6 is 15.9 Å². The van der Waals surface area contributed by atoms with Gasteiger partial charge in [-0.15, -0.1) is 0 Å². The molecule has 1 fully saturated rings. The number of rotatable bonds is 4. The van der Waals surface area contributed by atoms with Crippen LogP contribution < -0.4 is 0 Å². The second kappa shape index (κ2) is 7.11. The first-order valence-corrected chi connectivity index (χ1v) is 10.1. The van der Waals surface area contributed by atoms with Crippen LogP contribution in [0.15, 0.2) is 59.2 Å². The number of ether oxygens (including phenoxy) is 1. The van der Waals surface area contributed by atoms with Crippen molar-refractivity contribution in [1.29, 1.82) is 0 Å². The summed E-state index contributed by atoms with van der Waals surface area (Å²) in [5.74, 6) is 1.00. The van der Waals surface area contributed by atoms with Crippen molar-refractivity contribution >= 4 is 32.7 Å². The Balaban J connectivity index is 1.55. The van der Waals surface area contributed by atoms with Crippen molar-refractivity contribution in [2.45, 2.75) is 6.54 Å². The van der Waals surface area contributed by atoms with E-state index in [4.69, 9.17) is 9.72 Å².